The average molecular weight is 449 g/mol. The third kappa shape index (κ3) is 4.61. The molecule has 1 aromatic heterocycles. The zero-order valence-electron chi connectivity index (χ0n) is 17.0. The predicted molar refractivity (Wildman–Crippen MR) is 116 cm³/mol. The van der Waals surface area contributed by atoms with Crippen molar-refractivity contribution in [2.24, 2.45) is 0 Å². The highest BCUT2D eigenvalue weighted by atomic mass is 32.2. The molecule has 0 bridgehead atoms. The lowest BCUT2D eigenvalue weighted by Crippen LogP contribution is -2.41. The Hall–Kier alpha value is -3.74. The van der Waals surface area contributed by atoms with Gasteiger partial charge < -0.3 is 10.1 Å². The van der Waals surface area contributed by atoms with E-state index in [9.17, 15) is 18.4 Å². The maximum atomic E-state index is 12.8. The number of nitriles is 1. The van der Waals surface area contributed by atoms with Gasteiger partial charge in [-0.05, 0) is 47.4 Å². The molecule has 0 spiro atoms. The van der Waals surface area contributed by atoms with Crippen molar-refractivity contribution >= 4 is 15.9 Å². The van der Waals surface area contributed by atoms with Gasteiger partial charge >= 0.3 is 0 Å². The van der Waals surface area contributed by atoms with Crippen LogP contribution in [-0.2, 0) is 21.4 Å². The maximum absolute atomic E-state index is 12.8. The lowest BCUT2D eigenvalue weighted by atomic mass is 10.1. The van der Waals surface area contributed by atoms with Crippen molar-refractivity contribution < 1.29 is 17.9 Å². The summed E-state index contributed by atoms with van der Waals surface area (Å²) in [5, 5.41) is 20.2. The molecule has 1 amide bonds. The van der Waals surface area contributed by atoms with Crippen LogP contribution in [0.15, 0.2) is 78.0 Å². The second-order valence-electron chi connectivity index (χ2n) is 7.51. The molecule has 162 valence electrons. The van der Waals surface area contributed by atoms with Crippen LogP contribution in [-0.4, -0.2) is 31.8 Å². The first-order valence-electron chi connectivity index (χ1n) is 9.95. The molecule has 0 saturated carbocycles. The standard InChI is InChI=1S/C23H20N4O4S/c24-15-17-2-1-3-18(14-17)16-26-11-10-22(23(26)28)25-32(30,31)21-6-4-19(5-7-21)20-8-12-27(29)13-9-20/h1-9,12-14,22,25H,10-11,16H2/t22-/m0/s1. The number of likely N-dealkylation sites (tertiary alicyclic amines) is 1. The molecule has 1 atom stereocenters. The lowest BCUT2D eigenvalue weighted by molar-refractivity contribution is -0.605. The van der Waals surface area contributed by atoms with E-state index in [0.29, 0.717) is 29.8 Å². The van der Waals surface area contributed by atoms with Crippen LogP contribution in [0.3, 0.4) is 0 Å². The van der Waals surface area contributed by atoms with Crippen LogP contribution in [0.1, 0.15) is 17.5 Å². The van der Waals surface area contributed by atoms with E-state index in [1.165, 1.54) is 24.5 Å². The van der Waals surface area contributed by atoms with Gasteiger partial charge in [-0.3, -0.25) is 4.79 Å². The highest BCUT2D eigenvalue weighted by molar-refractivity contribution is 7.89. The average Bonchev–Trinajstić information content (AvgIpc) is 3.13. The molecular formula is C23H20N4O4S. The highest BCUT2D eigenvalue weighted by Crippen LogP contribution is 2.22. The van der Waals surface area contributed by atoms with E-state index < -0.39 is 16.1 Å². The summed E-state index contributed by atoms with van der Waals surface area (Å²) in [5.41, 5.74) is 2.89. The van der Waals surface area contributed by atoms with E-state index in [2.05, 4.69) is 10.8 Å². The number of carbonyl (C=O) groups excluding carboxylic acids is 1. The summed E-state index contributed by atoms with van der Waals surface area (Å²) in [6.07, 6.45) is 3.11. The Balaban J connectivity index is 1.43. The van der Waals surface area contributed by atoms with Crippen molar-refractivity contribution in [3.05, 3.63) is 89.4 Å². The van der Waals surface area contributed by atoms with E-state index in [1.807, 2.05) is 6.07 Å². The van der Waals surface area contributed by atoms with Crippen LogP contribution in [0.5, 0.6) is 0 Å². The summed E-state index contributed by atoms with van der Waals surface area (Å²) in [6, 6.07) is 17.8. The van der Waals surface area contributed by atoms with Crippen LogP contribution in [0.4, 0.5) is 0 Å². The molecule has 1 saturated heterocycles. The molecule has 0 radical (unpaired) electrons. The van der Waals surface area contributed by atoms with Gasteiger partial charge in [-0.25, -0.2) is 8.42 Å². The van der Waals surface area contributed by atoms with Gasteiger partial charge in [0, 0.05) is 25.2 Å². The normalized spacial score (nSPS) is 16.2. The number of sulfonamides is 1. The van der Waals surface area contributed by atoms with Gasteiger partial charge in [-0.1, -0.05) is 24.3 Å². The summed E-state index contributed by atoms with van der Waals surface area (Å²) in [6.45, 7) is 0.747. The van der Waals surface area contributed by atoms with Crippen LogP contribution in [0, 0.1) is 16.5 Å². The number of nitrogens with zero attached hydrogens (tertiary/aromatic N) is 3. The number of rotatable bonds is 6. The minimum Gasteiger partial charge on any atom is -0.619 e. The number of pyridine rings is 1. The molecule has 1 aliphatic heterocycles. The number of hydrogen-bond acceptors (Lipinski definition) is 5. The van der Waals surface area contributed by atoms with E-state index in [1.54, 1.807) is 47.4 Å². The van der Waals surface area contributed by atoms with Gasteiger partial charge in [0.05, 0.1) is 16.5 Å². The van der Waals surface area contributed by atoms with Crippen LogP contribution in [0.2, 0.25) is 0 Å². The fourth-order valence-electron chi connectivity index (χ4n) is 3.65. The molecule has 32 heavy (non-hydrogen) atoms. The number of nitrogens with one attached hydrogen (secondary N) is 1. The van der Waals surface area contributed by atoms with Gasteiger partial charge in [0.2, 0.25) is 15.9 Å². The van der Waals surface area contributed by atoms with Crippen molar-refractivity contribution in [1.29, 1.82) is 5.26 Å². The van der Waals surface area contributed by atoms with Crippen molar-refractivity contribution in [3.8, 4) is 17.2 Å². The quantitative estimate of drug-likeness (QED) is 0.457. The largest absolute Gasteiger partial charge is 0.619 e. The molecule has 2 heterocycles. The monoisotopic (exact) mass is 448 g/mol. The van der Waals surface area contributed by atoms with Gasteiger partial charge in [-0.15, -0.1) is 0 Å². The van der Waals surface area contributed by atoms with Gasteiger partial charge in [0.1, 0.15) is 6.04 Å². The minimum absolute atomic E-state index is 0.0593. The minimum atomic E-state index is -3.88. The Labute approximate surface area is 186 Å². The first kappa shape index (κ1) is 21.5. The van der Waals surface area contributed by atoms with E-state index in [-0.39, 0.29) is 10.8 Å². The molecule has 0 aliphatic carbocycles. The fourth-order valence-corrected chi connectivity index (χ4v) is 4.88. The smallest absolute Gasteiger partial charge is 0.241 e. The van der Waals surface area contributed by atoms with Crippen molar-refractivity contribution in [2.75, 3.05) is 6.54 Å². The highest BCUT2D eigenvalue weighted by Gasteiger charge is 2.34. The van der Waals surface area contributed by atoms with Crippen molar-refractivity contribution in [2.45, 2.75) is 23.9 Å². The van der Waals surface area contributed by atoms with Crippen molar-refractivity contribution in [3.63, 3.8) is 0 Å². The number of benzene rings is 2. The SMILES string of the molecule is N#Cc1cccc(CN2CC[C@H](NS(=O)(=O)c3ccc(-c4cc[n+]([O-])cc4)cc3)C2=O)c1. The summed E-state index contributed by atoms with van der Waals surface area (Å²) < 4.78 is 28.8. The number of amides is 1. The second-order valence-corrected chi connectivity index (χ2v) is 9.22. The fraction of sp³-hybridized carbons (Fsp3) is 0.174. The van der Waals surface area contributed by atoms with Crippen LogP contribution < -0.4 is 9.45 Å². The maximum Gasteiger partial charge on any atom is 0.241 e. The number of carbonyl (C=O) groups is 1. The third-order valence-corrected chi connectivity index (χ3v) is 6.81. The summed E-state index contributed by atoms with van der Waals surface area (Å²) in [4.78, 5) is 14.4. The Kier molecular flexibility index (Phi) is 5.90. The Morgan fingerprint density at radius 3 is 2.47 bits per heavy atom. The Bertz CT molecular complexity index is 1280. The topological polar surface area (TPSA) is 117 Å². The second kappa shape index (κ2) is 8.78. The molecule has 0 unspecified atom stereocenters. The van der Waals surface area contributed by atoms with Crippen LogP contribution >= 0.6 is 0 Å². The molecule has 4 rings (SSSR count). The zero-order valence-corrected chi connectivity index (χ0v) is 17.8. The Morgan fingerprint density at radius 2 is 1.78 bits per heavy atom. The number of hydrogen-bond donors (Lipinski definition) is 1. The molecule has 1 aliphatic rings. The number of aromatic nitrogens is 1. The van der Waals surface area contributed by atoms with Crippen molar-refractivity contribution in [1.82, 2.24) is 9.62 Å². The first-order valence-corrected chi connectivity index (χ1v) is 11.4. The molecule has 1 N–H and O–H groups in total. The van der Waals surface area contributed by atoms with Crippen LogP contribution in [0.25, 0.3) is 11.1 Å². The molecule has 3 aromatic rings. The molecule has 2 aromatic carbocycles. The molecule has 8 nitrogen and oxygen atoms in total. The summed E-state index contributed by atoms with van der Waals surface area (Å²) >= 11 is 0. The first-order chi connectivity index (χ1) is 15.4. The molecular weight excluding hydrogens is 428 g/mol. The summed E-state index contributed by atoms with van der Waals surface area (Å²) in [7, 11) is -3.88. The van der Waals surface area contributed by atoms with Gasteiger partial charge in [-0.2, -0.15) is 14.7 Å². The van der Waals surface area contributed by atoms with E-state index >= 15 is 0 Å². The molecule has 9 heteroatoms. The zero-order chi connectivity index (χ0) is 22.7. The lowest BCUT2D eigenvalue weighted by Gasteiger charge is -2.17. The molecule has 1 fully saturated rings. The predicted octanol–water partition coefficient (Wildman–Crippen LogP) is 1.94. The Morgan fingerprint density at radius 1 is 1.09 bits per heavy atom. The third-order valence-electron chi connectivity index (χ3n) is 5.32. The summed E-state index contributed by atoms with van der Waals surface area (Å²) in [5.74, 6) is -0.289. The van der Waals surface area contributed by atoms with Gasteiger partial charge in [0.25, 0.3) is 0 Å². The van der Waals surface area contributed by atoms with E-state index in [4.69, 9.17) is 5.26 Å². The van der Waals surface area contributed by atoms with Gasteiger partial charge in [0.15, 0.2) is 12.4 Å². The van der Waals surface area contributed by atoms with E-state index in [0.717, 1.165) is 16.7 Å².